The molecule has 0 atom stereocenters. The van der Waals surface area contributed by atoms with Gasteiger partial charge < -0.3 is 15.4 Å². The lowest BCUT2D eigenvalue weighted by atomic mass is 10.0. The SMILES string of the molecule is O=CNc1cc(-c2ccc(Cl)c(NCC3CCOCC3)n2)c(Cl)cn1. The molecule has 6 nitrogen and oxygen atoms in total. The van der Waals surface area contributed by atoms with Gasteiger partial charge in [0.1, 0.15) is 11.6 Å². The van der Waals surface area contributed by atoms with Crippen LogP contribution in [0.5, 0.6) is 0 Å². The molecule has 2 aromatic heterocycles. The highest BCUT2D eigenvalue weighted by atomic mass is 35.5. The molecule has 0 unspecified atom stereocenters. The third kappa shape index (κ3) is 4.60. The number of aromatic nitrogens is 2. The van der Waals surface area contributed by atoms with Gasteiger partial charge in [-0.3, -0.25) is 4.79 Å². The van der Waals surface area contributed by atoms with Crippen LogP contribution < -0.4 is 10.6 Å². The number of pyridine rings is 2. The van der Waals surface area contributed by atoms with Crippen LogP contribution in [0.2, 0.25) is 10.0 Å². The molecule has 132 valence electrons. The van der Waals surface area contributed by atoms with Gasteiger partial charge in [0.15, 0.2) is 0 Å². The molecule has 1 fully saturated rings. The quantitative estimate of drug-likeness (QED) is 0.744. The van der Waals surface area contributed by atoms with Crippen LogP contribution in [0.4, 0.5) is 11.6 Å². The summed E-state index contributed by atoms with van der Waals surface area (Å²) < 4.78 is 5.38. The van der Waals surface area contributed by atoms with Gasteiger partial charge in [0, 0.05) is 31.5 Å². The van der Waals surface area contributed by atoms with E-state index in [1.54, 1.807) is 18.2 Å². The van der Waals surface area contributed by atoms with Crippen LogP contribution >= 0.6 is 23.2 Å². The van der Waals surface area contributed by atoms with Crippen LogP contribution in [-0.2, 0) is 9.53 Å². The van der Waals surface area contributed by atoms with Gasteiger partial charge >= 0.3 is 0 Å². The maximum absolute atomic E-state index is 10.6. The normalized spacial score (nSPS) is 15.0. The summed E-state index contributed by atoms with van der Waals surface area (Å²) in [5, 5.41) is 6.82. The first kappa shape index (κ1) is 17.9. The van der Waals surface area contributed by atoms with Crippen molar-refractivity contribution in [2.45, 2.75) is 12.8 Å². The molecular weight excluding hydrogens is 363 g/mol. The number of nitrogens with one attached hydrogen (secondary N) is 2. The first-order valence-corrected chi connectivity index (χ1v) is 8.77. The van der Waals surface area contributed by atoms with Crippen molar-refractivity contribution in [1.29, 1.82) is 0 Å². The van der Waals surface area contributed by atoms with Crippen molar-refractivity contribution >= 4 is 41.2 Å². The number of hydrogen-bond acceptors (Lipinski definition) is 5. The van der Waals surface area contributed by atoms with Gasteiger partial charge in [-0.25, -0.2) is 9.97 Å². The number of anilines is 2. The predicted molar refractivity (Wildman–Crippen MR) is 99.2 cm³/mol. The van der Waals surface area contributed by atoms with Crippen molar-refractivity contribution < 1.29 is 9.53 Å². The molecule has 1 aliphatic heterocycles. The van der Waals surface area contributed by atoms with Crippen molar-refractivity contribution in [3.05, 3.63) is 34.4 Å². The van der Waals surface area contributed by atoms with Crippen molar-refractivity contribution in [1.82, 2.24) is 9.97 Å². The fraction of sp³-hybridized carbons (Fsp3) is 0.353. The maximum Gasteiger partial charge on any atom is 0.212 e. The molecule has 2 aromatic rings. The second-order valence-electron chi connectivity index (χ2n) is 5.78. The highest BCUT2D eigenvalue weighted by molar-refractivity contribution is 6.34. The Morgan fingerprint density at radius 3 is 2.80 bits per heavy atom. The summed E-state index contributed by atoms with van der Waals surface area (Å²) in [4.78, 5) is 19.2. The molecule has 8 heteroatoms. The van der Waals surface area contributed by atoms with Crippen LogP contribution in [0.1, 0.15) is 12.8 Å². The van der Waals surface area contributed by atoms with E-state index in [2.05, 4.69) is 20.6 Å². The van der Waals surface area contributed by atoms with E-state index in [0.29, 0.717) is 45.3 Å². The summed E-state index contributed by atoms with van der Waals surface area (Å²) in [7, 11) is 0. The lowest BCUT2D eigenvalue weighted by Gasteiger charge is -2.22. The first-order valence-electron chi connectivity index (χ1n) is 8.01. The van der Waals surface area contributed by atoms with Crippen LogP contribution in [0.25, 0.3) is 11.3 Å². The van der Waals surface area contributed by atoms with E-state index in [4.69, 9.17) is 27.9 Å². The van der Waals surface area contributed by atoms with E-state index < -0.39 is 0 Å². The van der Waals surface area contributed by atoms with Gasteiger partial charge in [-0.05, 0) is 37.0 Å². The Bertz CT molecular complexity index is 751. The standard InChI is InChI=1S/C17H18Cl2N4O2/c18-13-1-2-15(12-7-16(22-10-24)20-9-14(12)19)23-17(13)21-8-11-3-5-25-6-4-11/h1-2,7,9-11H,3-6,8H2,(H,21,23)(H,20,22,24). The topological polar surface area (TPSA) is 76.1 Å². The number of amides is 1. The lowest BCUT2D eigenvalue weighted by Crippen LogP contribution is -2.23. The third-order valence-corrected chi connectivity index (χ3v) is 4.69. The molecule has 0 saturated carbocycles. The molecule has 2 N–H and O–H groups in total. The molecular formula is C17H18Cl2N4O2. The van der Waals surface area contributed by atoms with Gasteiger partial charge in [0.25, 0.3) is 0 Å². The van der Waals surface area contributed by atoms with Crippen molar-refractivity contribution in [3.63, 3.8) is 0 Å². The summed E-state index contributed by atoms with van der Waals surface area (Å²) >= 11 is 12.5. The summed E-state index contributed by atoms with van der Waals surface area (Å²) in [5.41, 5.74) is 1.33. The lowest BCUT2D eigenvalue weighted by molar-refractivity contribution is -0.105. The van der Waals surface area contributed by atoms with Gasteiger partial charge in [-0.1, -0.05) is 23.2 Å². The summed E-state index contributed by atoms with van der Waals surface area (Å²) in [5.74, 6) is 1.56. The van der Waals surface area contributed by atoms with Crippen LogP contribution in [-0.4, -0.2) is 36.1 Å². The van der Waals surface area contributed by atoms with E-state index in [-0.39, 0.29) is 0 Å². The zero-order valence-electron chi connectivity index (χ0n) is 13.5. The number of ether oxygens (including phenoxy) is 1. The molecule has 0 spiro atoms. The Morgan fingerprint density at radius 1 is 1.24 bits per heavy atom. The fourth-order valence-electron chi connectivity index (χ4n) is 2.68. The highest BCUT2D eigenvalue weighted by Gasteiger charge is 2.15. The number of carbonyl (C=O) groups is 1. The monoisotopic (exact) mass is 380 g/mol. The first-order chi connectivity index (χ1) is 12.2. The number of halogens is 2. The number of rotatable bonds is 6. The zero-order valence-corrected chi connectivity index (χ0v) is 15.0. The van der Waals surface area contributed by atoms with Gasteiger partial charge in [-0.15, -0.1) is 0 Å². The Labute approximate surface area is 155 Å². The molecule has 1 amide bonds. The minimum absolute atomic E-state index is 0.405. The third-order valence-electron chi connectivity index (χ3n) is 4.08. The second kappa shape index (κ2) is 8.47. The average molecular weight is 381 g/mol. The zero-order chi connectivity index (χ0) is 17.6. The Hall–Kier alpha value is -1.89. The summed E-state index contributed by atoms with van der Waals surface area (Å²) in [6.45, 7) is 2.39. The number of nitrogens with zero attached hydrogens (tertiary/aromatic N) is 2. The summed E-state index contributed by atoms with van der Waals surface area (Å²) in [6, 6.07) is 5.24. The molecule has 3 rings (SSSR count). The van der Waals surface area contributed by atoms with Crippen LogP contribution in [0.3, 0.4) is 0 Å². The molecule has 0 aromatic carbocycles. The van der Waals surface area contributed by atoms with Gasteiger partial charge in [-0.2, -0.15) is 0 Å². The molecule has 25 heavy (non-hydrogen) atoms. The molecule has 1 aliphatic rings. The minimum atomic E-state index is 0.405. The maximum atomic E-state index is 10.6. The molecule has 0 bridgehead atoms. The van der Waals surface area contributed by atoms with Crippen molar-refractivity contribution in [3.8, 4) is 11.3 Å². The molecule has 0 radical (unpaired) electrons. The van der Waals surface area contributed by atoms with Gasteiger partial charge in [0.2, 0.25) is 6.41 Å². The molecule has 0 aliphatic carbocycles. The van der Waals surface area contributed by atoms with Crippen LogP contribution in [0.15, 0.2) is 24.4 Å². The molecule has 3 heterocycles. The highest BCUT2D eigenvalue weighted by Crippen LogP contribution is 2.31. The van der Waals surface area contributed by atoms with E-state index in [1.807, 2.05) is 0 Å². The second-order valence-corrected chi connectivity index (χ2v) is 6.59. The smallest absolute Gasteiger partial charge is 0.212 e. The average Bonchev–Trinajstić information content (AvgIpc) is 2.64. The number of carbonyl (C=O) groups excluding carboxylic acids is 1. The largest absolute Gasteiger partial charge is 0.381 e. The Kier molecular flexibility index (Phi) is 6.07. The van der Waals surface area contributed by atoms with E-state index >= 15 is 0 Å². The minimum Gasteiger partial charge on any atom is -0.381 e. The van der Waals surface area contributed by atoms with E-state index in [1.165, 1.54) is 6.20 Å². The van der Waals surface area contributed by atoms with Crippen molar-refractivity contribution in [2.75, 3.05) is 30.4 Å². The molecule has 1 saturated heterocycles. The van der Waals surface area contributed by atoms with Gasteiger partial charge in [0.05, 0.1) is 15.7 Å². The summed E-state index contributed by atoms with van der Waals surface area (Å²) in [6.07, 6.45) is 4.10. The predicted octanol–water partition coefficient (Wildman–Crippen LogP) is 3.86. The Balaban J connectivity index is 1.81. The Morgan fingerprint density at radius 2 is 2.04 bits per heavy atom. The van der Waals surface area contributed by atoms with Crippen molar-refractivity contribution in [2.24, 2.45) is 5.92 Å². The number of hydrogen-bond donors (Lipinski definition) is 2. The van der Waals surface area contributed by atoms with E-state index in [0.717, 1.165) is 32.6 Å². The van der Waals surface area contributed by atoms with E-state index in [9.17, 15) is 4.79 Å². The van der Waals surface area contributed by atoms with Crippen LogP contribution in [0, 0.1) is 5.92 Å². The fourth-order valence-corrected chi connectivity index (χ4v) is 3.05.